The van der Waals surface area contributed by atoms with Gasteiger partial charge in [-0.2, -0.15) is 4.98 Å². The number of hydrogen-bond donors (Lipinski definition) is 1. The molecule has 0 atom stereocenters. The Balaban J connectivity index is 2.09. The summed E-state index contributed by atoms with van der Waals surface area (Å²) >= 11 is 6.28. The van der Waals surface area contributed by atoms with E-state index in [4.69, 9.17) is 0 Å². The highest BCUT2D eigenvalue weighted by Gasteiger charge is 2.13. The average molecular weight is 419 g/mol. The summed E-state index contributed by atoms with van der Waals surface area (Å²) in [5.74, 6) is -0.315. The Kier molecular flexibility index (Phi) is 4.68. The van der Waals surface area contributed by atoms with Gasteiger partial charge in [-0.25, -0.2) is 4.68 Å². The molecule has 0 bridgehead atoms. The minimum Gasteiger partial charge on any atom is -0.324 e. The molecule has 0 aliphatic carbocycles. The van der Waals surface area contributed by atoms with E-state index in [0.717, 1.165) is 0 Å². The van der Waals surface area contributed by atoms with Gasteiger partial charge >= 0.3 is 0 Å². The van der Waals surface area contributed by atoms with E-state index in [0.29, 0.717) is 20.7 Å². The van der Waals surface area contributed by atoms with Crippen molar-refractivity contribution in [2.24, 2.45) is 0 Å². The molecule has 10 heteroatoms. The summed E-state index contributed by atoms with van der Waals surface area (Å²) in [5.41, 5.74) is 1.10. The van der Waals surface area contributed by atoms with E-state index in [9.17, 15) is 14.9 Å². The number of amides is 1. The van der Waals surface area contributed by atoms with Crippen molar-refractivity contribution in [2.45, 2.75) is 13.5 Å². The Bertz CT molecular complexity index is 716. The summed E-state index contributed by atoms with van der Waals surface area (Å²) in [6.07, 6.45) is 0. The first-order chi connectivity index (χ1) is 9.86. The van der Waals surface area contributed by atoms with Gasteiger partial charge in [0.1, 0.15) is 6.54 Å². The summed E-state index contributed by atoms with van der Waals surface area (Å²) in [4.78, 5) is 26.1. The van der Waals surface area contributed by atoms with Gasteiger partial charge in [0.2, 0.25) is 10.6 Å². The molecule has 1 aromatic heterocycles. The van der Waals surface area contributed by atoms with Crippen LogP contribution < -0.4 is 5.32 Å². The lowest BCUT2D eigenvalue weighted by Crippen LogP contribution is -2.20. The molecule has 21 heavy (non-hydrogen) atoms. The van der Waals surface area contributed by atoms with E-state index in [2.05, 4.69) is 47.3 Å². The molecule has 0 unspecified atom stereocenters. The third kappa shape index (κ3) is 3.85. The Morgan fingerprint density at radius 2 is 2.19 bits per heavy atom. The molecule has 0 spiro atoms. The van der Waals surface area contributed by atoms with Crippen LogP contribution in [0.25, 0.3) is 0 Å². The van der Waals surface area contributed by atoms with Crippen molar-refractivity contribution in [2.75, 3.05) is 5.32 Å². The Hall–Kier alpha value is -1.81. The van der Waals surface area contributed by atoms with Crippen LogP contribution in [-0.2, 0) is 11.3 Å². The zero-order valence-electron chi connectivity index (χ0n) is 10.7. The fourth-order valence-corrected chi connectivity index (χ4v) is 2.60. The van der Waals surface area contributed by atoms with E-state index in [1.165, 1.54) is 22.9 Å². The maximum Gasteiger partial charge on any atom is 0.269 e. The number of halogens is 2. The standard InChI is InChI=1S/C11H9Br2N5O3/c1-6-4-7(18(20)21)2-3-8(6)14-9(19)5-17-11(13)15-10(12)16-17/h2-4H,5H2,1H3,(H,14,19). The number of benzene rings is 1. The fraction of sp³-hybridized carbons (Fsp3) is 0.182. The maximum absolute atomic E-state index is 11.9. The van der Waals surface area contributed by atoms with Crippen LogP contribution in [0, 0.1) is 17.0 Å². The van der Waals surface area contributed by atoms with Crippen LogP contribution in [-0.4, -0.2) is 25.6 Å². The molecule has 0 aliphatic rings. The third-order valence-corrected chi connectivity index (χ3v) is 3.51. The van der Waals surface area contributed by atoms with Crippen LogP contribution in [0.4, 0.5) is 11.4 Å². The molecule has 1 amide bonds. The number of carbonyl (C=O) groups is 1. The van der Waals surface area contributed by atoms with Gasteiger partial charge in [0.05, 0.1) is 4.92 Å². The number of nitrogens with zero attached hydrogens (tertiary/aromatic N) is 4. The highest BCUT2D eigenvalue weighted by atomic mass is 79.9. The van der Waals surface area contributed by atoms with Crippen LogP contribution in [0.15, 0.2) is 27.7 Å². The molecular formula is C11H9Br2N5O3. The lowest BCUT2D eigenvalue weighted by molar-refractivity contribution is -0.384. The van der Waals surface area contributed by atoms with Crippen LogP contribution >= 0.6 is 31.9 Å². The number of hydrogen-bond acceptors (Lipinski definition) is 5. The molecule has 1 aromatic carbocycles. The molecule has 1 heterocycles. The number of aromatic nitrogens is 3. The zero-order chi connectivity index (χ0) is 15.6. The van der Waals surface area contributed by atoms with Gasteiger partial charge in [0.15, 0.2) is 4.73 Å². The van der Waals surface area contributed by atoms with Gasteiger partial charge in [0, 0.05) is 17.8 Å². The molecule has 2 aromatic rings. The third-order valence-electron chi connectivity index (χ3n) is 2.59. The predicted molar refractivity (Wildman–Crippen MR) is 81.9 cm³/mol. The first-order valence-electron chi connectivity index (χ1n) is 5.67. The van der Waals surface area contributed by atoms with Crippen LogP contribution in [0.2, 0.25) is 0 Å². The van der Waals surface area contributed by atoms with Crippen molar-refractivity contribution in [3.63, 3.8) is 0 Å². The van der Waals surface area contributed by atoms with Crippen molar-refractivity contribution in [3.8, 4) is 0 Å². The molecule has 0 aliphatic heterocycles. The number of aryl methyl sites for hydroxylation is 1. The second-order valence-corrected chi connectivity index (χ2v) is 5.53. The summed E-state index contributed by atoms with van der Waals surface area (Å²) in [5, 5.41) is 17.3. The van der Waals surface area contributed by atoms with Crippen molar-refractivity contribution >= 4 is 49.1 Å². The Morgan fingerprint density at radius 1 is 1.48 bits per heavy atom. The number of rotatable bonds is 4. The number of nitro benzene ring substituents is 1. The van der Waals surface area contributed by atoms with E-state index in [1.807, 2.05) is 0 Å². The number of non-ortho nitro benzene ring substituents is 1. The molecule has 2 rings (SSSR count). The number of carbonyl (C=O) groups excluding carboxylic acids is 1. The van der Waals surface area contributed by atoms with Crippen molar-refractivity contribution in [3.05, 3.63) is 43.3 Å². The summed E-state index contributed by atoms with van der Waals surface area (Å²) in [7, 11) is 0. The fourth-order valence-electron chi connectivity index (χ4n) is 1.63. The maximum atomic E-state index is 11.9. The lowest BCUT2D eigenvalue weighted by atomic mass is 10.2. The number of nitrogens with one attached hydrogen (secondary N) is 1. The summed E-state index contributed by atoms with van der Waals surface area (Å²) in [6, 6.07) is 4.24. The first-order valence-corrected chi connectivity index (χ1v) is 7.26. The normalized spacial score (nSPS) is 10.4. The molecule has 1 N–H and O–H groups in total. The zero-order valence-corrected chi connectivity index (χ0v) is 13.9. The second-order valence-electron chi connectivity index (χ2n) is 4.11. The molecule has 0 saturated carbocycles. The molecule has 0 radical (unpaired) electrons. The highest BCUT2D eigenvalue weighted by Crippen LogP contribution is 2.21. The van der Waals surface area contributed by atoms with Gasteiger partial charge in [-0.15, -0.1) is 5.10 Å². The summed E-state index contributed by atoms with van der Waals surface area (Å²) < 4.78 is 2.17. The van der Waals surface area contributed by atoms with Gasteiger partial charge in [-0.05, 0) is 50.4 Å². The van der Waals surface area contributed by atoms with Crippen molar-refractivity contribution in [1.29, 1.82) is 0 Å². The molecule has 0 fully saturated rings. The van der Waals surface area contributed by atoms with Crippen molar-refractivity contribution in [1.82, 2.24) is 14.8 Å². The average Bonchev–Trinajstić information content (AvgIpc) is 2.70. The number of nitro groups is 1. The van der Waals surface area contributed by atoms with E-state index < -0.39 is 4.92 Å². The van der Waals surface area contributed by atoms with Crippen LogP contribution in [0.3, 0.4) is 0 Å². The Labute approximate surface area is 136 Å². The van der Waals surface area contributed by atoms with E-state index in [1.54, 1.807) is 6.92 Å². The van der Waals surface area contributed by atoms with Crippen LogP contribution in [0.5, 0.6) is 0 Å². The smallest absolute Gasteiger partial charge is 0.269 e. The van der Waals surface area contributed by atoms with Gasteiger partial charge in [-0.1, -0.05) is 0 Å². The van der Waals surface area contributed by atoms with E-state index >= 15 is 0 Å². The molecular weight excluding hydrogens is 410 g/mol. The first kappa shape index (κ1) is 15.6. The minimum absolute atomic E-state index is 0.0200. The number of anilines is 1. The van der Waals surface area contributed by atoms with Crippen molar-refractivity contribution < 1.29 is 9.72 Å². The van der Waals surface area contributed by atoms with Gasteiger partial charge in [0.25, 0.3) is 5.69 Å². The monoisotopic (exact) mass is 417 g/mol. The van der Waals surface area contributed by atoms with Gasteiger partial charge < -0.3 is 5.32 Å². The lowest BCUT2D eigenvalue weighted by Gasteiger charge is -2.08. The summed E-state index contributed by atoms with van der Waals surface area (Å²) in [6.45, 7) is 1.65. The van der Waals surface area contributed by atoms with E-state index in [-0.39, 0.29) is 18.1 Å². The highest BCUT2D eigenvalue weighted by molar-refractivity contribution is 9.11. The topological polar surface area (TPSA) is 103 Å². The predicted octanol–water partition coefficient (Wildman–Crippen LogP) is 2.66. The SMILES string of the molecule is Cc1cc([N+](=O)[O-])ccc1NC(=O)Cn1nc(Br)nc1Br. The molecule has 8 nitrogen and oxygen atoms in total. The second kappa shape index (κ2) is 6.31. The molecule has 110 valence electrons. The van der Waals surface area contributed by atoms with Crippen LogP contribution in [0.1, 0.15) is 5.56 Å². The minimum atomic E-state index is -0.483. The Morgan fingerprint density at radius 3 is 2.71 bits per heavy atom. The van der Waals surface area contributed by atoms with Gasteiger partial charge in [-0.3, -0.25) is 14.9 Å². The molecule has 0 saturated heterocycles. The largest absolute Gasteiger partial charge is 0.324 e. The quantitative estimate of drug-likeness (QED) is 0.607.